The average molecular weight is 314 g/mol. The standard InChI is InChI=1S/C12H10BrF2N3/c13-10-3-4-11(14)9(12(10)15)7-16-6-8-2-1-5-17-18-8/h1-5,16H,6-7H2. The predicted molar refractivity (Wildman–Crippen MR) is 66.6 cm³/mol. The maximum Gasteiger partial charge on any atom is 0.144 e. The fourth-order valence-electron chi connectivity index (χ4n) is 1.47. The third-order valence-corrected chi connectivity index (χ3v) is 2.99. The first-order valence-corrected chi connectivity index (χ1v) is 6.07. The van der Waals surface area contributed by atoms with Crippen molar-refractivity contribution in [3.05, 3.63) is 57.8 Å². The van der Waals surface area contributed by atoms with Crippen LogP contribution < -0.4 is 5.32 Å². The zero-order chi connectivity index (χ0) is 13.0. The van der Waals surface area contributed by atoms with Gasteiger partial charge >= 0.3 is 0 Å². The quantitative estimate of drug-likeness (QED) is 0.882. The van der Waals surface area contributed by atoms with Crippen LogP contribution in [-0.4, -0.2) is 10.2 Å². The van der Waals surface area contributed by atoms with E-state index in [1.54, 1.807) is 18.3 Å². The Balaban J connectivity index is 2.01. The Morgan fingerprint density at radius 3 is 2.72 bits per heavy atom. The molecule has 2 aromatic rings. The van der Waals surface area contributed by atoms with Crippen molar-refractivity contribution in [2.45, 2.75) is 13.1 Å². The van der Waals surface area contributed by atoms with E-state index in [0.29, 0.717) is 12.2 Å². The van der Waals surface area contributed by atoms with Crippen LogP contribution in [0, 0.1) is 11.6 Å². The number of rotatable bonds is 4. The molecule has 0 saturated carbocycles. The summed E-state index contributed by atoms with van der Waals surface area (Å²) in [5, 5.41) is 10.5. The number of nitrogens with zero attached hydrogens (tertiary/aromatic N) is 2. The van der Waals surface area contributed by atoms with E-state index in [2.05, 4.69) is 31.4 Å². The summed E-state index contributed by atoms with van der Waals surface area (Å²) >= 11 is 3.03. The van der Waals surface area contributed by atoms with Crippen LogP contribution in [0.1, 0.15) is 11.3 Å². The number of nitrogens with one attached hydrogen (secondary N) is 1. The second-order valence-electron chi connectivity index (χ2n) is 3.64. The summed E-state index contributed by atoms with van der Waals surface area (Å²) in [4.78, 5) is 0. The second-order valence-corrected chi connectivity index (χ2v) is 4.49. The Kier molecular flexibility index (Phi) is 4.33. The van der Waals surface area contributed by atoms with Gasteiger partial charge in [0, 0.05) is 24.8 Å². The molecule has 0 bridgehead atoms. The lowest BCUT2D eigenvalue weighted by Gasteiger charge is -2.07. The lowest BCUT2D eigenvalue weighted by Crippen LogP contribution is -2.16. The Labute approximate surface area is 111 Å². The highest BCUT2D eigenvalue weighted by molar-refractivity contribution is 9.10. The number of hydrogen-bond donors (Lipinski definition) is 1. The van der Waals surface area contributed by atoms with Crippen molar-refractivity contribution >= 4 is 15.9 Å². The van der Waals surface area contributed by atoms with E-state index in [9.17, 15) is 8.78 Å². The van der Waals surface area contributed by atoms with E-state index in [4.69, 9.17) is 0 Å². The van der Waals surface area contributed by atoms with Crippen molar-refractivity contribution in [1.29, 1.82) is 0 Å². The zero-order valence-electron chi connectivity index (χ0n) is 9.33. The molecule has 0 saturated heterocycles. The van der Waals surface area contributed by atoms with Crippen LogP contribution in [0.5, 0.6) is 0 Å². The van der Waals surface area contributed by atoms with Gasteiger partial charge in [0.15, 0.2) is 0 Å². The molecule has 6 heteroatoms. The normalized spacial score (nSPS) is 10.6. The molecule has 0 aliphatic rings. The van der Waals surface area contributed by atoms with Gasteiger partial charge in [0.1, 0.15) is 11.6 Å². The van der Waals surface area contributed by atoms with Crippen LogP contribution in [-0.2, 0) is 13.1 Å². The number of aromatic nitrogens is 2. The van der Waals surface area contributed by atoms with Crippen molar-refractivity contribution in [2.24, 2.45) is 0 Å². The topological polar surface area (TPSA) is 37.8 Å². The van der Waals surface area contributed by atoms with E-state index in [1.165, 1.54) is 12.1 Å². The molecular weight excluding hydrogens is 304 g/mol. The third kappa shape index (κ3) is 3.08. The van der Waals surface area contributed by atoms with Crippen molar-refractivity contribution in [3.8, 4) is 0 Å². The van der Waals surface area contributed by atoms with Gasteiger partial charge in [-0.15, -0.1) is 0 Å². The zero-order valence-corrected chi connectivity index (χ0v) is 10.9. The maximum absolute atomic E-state index is 13.6. The van der Waals surface area contributed by atoms with Gasteiger partial charge in [-0.1, -0.05) is 0 Å². The minimum Gasteiger partial charge on any atom is -0.307 e. The van der Waals surface area contributed by atoms with Gasteiger partial charge in [-0.25, -0.2) is 8.78 Å². The van der Waals surface area contributed by atoms with Gasteiger partial charge < -0.3 is 5.32 Å². The molecule has 18 heavy (non-hydrogen) atoms. The lowest BCUT2D eigenvalue weighted by molar-refractivity contribution is 0.530. The van der Waals surface area contributed by atoms with Gasteiger partial charge in [-0.2, -0.15) is 10.2 Å². The van der Waals surface area contributed by atoms with Gasteiger partial charge in [0.25, 0.3) is 0 Å². The summed E-state index contributed by atoms with van der Waals surface area (Å²) in [6.45, 7) is 0.493. The molecule has 2 rings (SSSR count). The minimum absolute atomic E-state index is 0.00765. The highest BCUT2D eigenvalue weighted by Gasteiger charge is 2.11. The van der Waals surface area contributed by atoms with E-state index >= 15 is 0 Å². The van der Waals surface area contributed by atoms with Gasteiger partial charge in [-0.3, -0.25) is 0 Å². The highest BCUT2D eigenvalue weighted by atomic mass is 79.9. The molecule has 0 radical (unpaired) electrons. The van der Waals surface area contributed by atoms with Crippen LogP contribution in [0.15, 0.2) is 34.9 Å². The summed E-state index contributed by atoms with van der Waals surface area (Å²) in [6, 6.07) is 6.11. The Bertz CT molecular complexity index is 534. The van der Waals surface area contributed by atoms with Gasteiger partial charge in [0.05, 0.1) is 10.2 Å². The van der Waals surface area contributed by atoms with Crippen LogP contribution in [0.2, 0.25) is 0 Å². The van der Waals surface area contributed by atoms with E-state index in [0.717, 1.165) is 0 Å². The largest absolute Gasteiger partial charge is 0.307 e. The molecule has 0 aliphatic heterocycles. The van der Waals surface area contributed by atoms with Crippen molar-refractivity contribution in [3.63, 3.8) is 0 Å². The van der Waals surface area contributed by atoms with Gasteiger partial charge in [0.2, 0.25) is 0 Å². The van der Waals surface area contributed by atoms with Crippen molar-refractivity contribution in [2.75, 3.05) is 0 Å². The van der Waals surface area contributed by atoms with E-state index < -0.39 is 11.6 Å². The van der Waals surface area contributed by atoms with Crippen molar-refractivity contribution < 1.29 is 8.78 Å². The van der Waals surface area contributed by atoms with Crippen LogP contribution in [0.3, 0.4) is 0 Å². The predicted octanol–water partition coefficient (Wildman–Crippen LogP) is 2.81. The monoisotopic (exact) mass is 313 g/mol. The van der Waals surface area contributed by atoms with Crippen LogP contribution >= 0.6 is 15.9 Å². The number of hydrogen-bond acceptors (Lipinski definition) is 3. The molecule has 1 aromatic heterocycles. The average Bonchev–Trinajstić information content (AvgIpc) is 2.39. The van der Waals surface area contributed by atoms with E-state index in [-0.39, 0.29) is 16.6 Å². The van der Waals surface area contributed by atoms with Gasteiger partial charge in [-0.05, 0) is 40.2 Å². The number of halogens is 3. The second kappa shape index (κ2) is 5.97. The molecule has 0 fully saturated rings. The van der Waals surface area contributed by atoms with Crippen LogP contribution in [0.25, 0.3) is 0 Å². The molecule has 3 nitrogen and oxygen atoms in total. The Morgan fingerprint density at radius 1 is 1.17 bits per heavy atom. The maximum atomic E-state index is 13.6. The Hall–Kier alpha value is -1.40. The fraction of sp³-hybridized carbons (Fsp3) is 0.167. The molecule has 0 amide bonds. The first-order valence-electron chi connectivity index (χ1n) is 5.28. The summed E-state index contributed by atoms with van der Waals surface area (Å²) in [5.74, 6) is -1.15. The summed E-state index contributed by atoms with van der Waals surface area (Å²) < 4.78 is 27.3. The van der Waals surface area contributed by atoms with Crippen LogP contribution in [0.4, 0.5) is 8.78 Å². The smallest absolute Gasteiger partial charge is 0.144 e. The molecule has 1 aromatic carbocycles. The SMILES string of the molecule is Fc1ccc(Br)c(F)c1CNCc1cccnn1. The summed E-state index contributed by atoms with van der Waals surface area (Å²) in [6.07, 6.45) is 1.57. The molecular formula is C12H10BrF2N3. The fourth-order valence-corrected chi connectivity index (χ4v) is 1.85. The lowest BCUT2D eigenvalue weighted by atomic mass is 10.2. The molecule has 0 aliphatic carbocycles. The number of benzene rings is 1. The van der Waals surface area contributed by atoms with E-state index in [1.807, 2.05) is 0 Å². The third-order valence-electron chi connectivity index (χ3n) is 2.37. The first-order chi connectivity index (χ1) is 8.68. The summed E-state index contributed by atoms with van der Waals surface area (Å²) in [7, 11) is 0. The van der Waals surface area contributed by atoms with Crippen molar-refractivity contribution in [1.82, 2.24) is 15.5 Å². The Morgan fingerprint density at radius 2 is 2.00 bits per heavy atom. The highest BCUT2D eigenvalue weighted by Crippen LogP contribution is 2.21. The molecule has 1 N–H and O–H groups in total. The molecule has 0 atom stereocenters. The molecule has 1 heterocycles. The minimum atomic E-state index is -0.582. The molecule has 0 unspecified atom stereocenters. The summed E-state index contributed by atoms with van der Waals surface area (Å²) in [5.41, 5.74) is 0.724. The molecule has 94 valence electrons. The first kappa shape index (κ1) is 13.0. The molecule has 0 spiro atoms.